The molecular weight excluding hydrogens is 1030 g/mol. The van der Waals surface area contributed by atoms with Crippen LogP contribution in [0, 0.1) is 0 Å². The van der Waals surface area contributed by atoms with E-state index in [1.165, 1.54) is 238 Å². The van der Waals surface area contributed by atoms with Crippen LogP contribution >= 0.6 is 0 Å². The predicted molar refractivity (Wildman–Crippen MR) is 328 cm³/mol. The number of aliphatic hydroxyl groups is 8. The first-order valence-corrected chi connectivity index (χ1v) is 34.1. The second-order valence-electron chi connectivity index (χ2n) is 24.3. The van der Waals surface area contributed by atoms with Gasteiger partial charge < -0.3 is 65.1 Å². The van der Waals surface area contributed by atoms with Gasteiger partial charge in [0.15, 0.2) is 12.6 Å². The lowest BCUT2D eigenvalue weighted by molar-refractivity contribution is -0.359. The zero-order valence-corrected chi connectivity index (χ0v) is 51.8. The molecule has 2 aliphatic rings. The van der Waals surface area contributed by atoms with Gasteiger partial charge in [-0.25, -0.2) is 0 Å². The van der Waals surface area contributed by atoms with Crippen molar-refractivity contribution in [1.29, 1.82) is 0 Å². The molecule has 0 radical (unpaired) electrons. The Morgan fingerprint density at radius 3 is 1.21 bits per heavy atom. The van der Waals surface area contributed by atoms with E-state index in [9.17, 15) is 45.6 Å². The van der Waals surface area contributed by atoms with Crippen LogP contribution in [0.2, 0.25) is 0 Å². The summed E-state index contributed by atoms with van der Waals surface area (Å²) in [4.78, 5) is 13.3. The first kappa shape index (κ1) is 75.6. The van der Waals surface area contributed by atoms with Crippen LogP contribution in [0.1, 0.15) is 303 Å². The third-order valence-corrected chi connectivity index (χ3v) is 16.9. The second kappa shape index (κ2) is 52.8. The summed E-state index contributed by atoms with van der Waals surface area (Å²) < 4.78 is 22.8. The van der Waals surface area contributed by atoms with Gasteiger partial charge in [-0.15, -0.1) is 0 Å². The number of rotatable bonds is 56. The number of nitrogens with one attached hydrogen (secondary N) is 1. The quantitative estimate of drug-likeness (QED) is 0.0204. The average molecular weight is 1150 g/mol. The van der Waals surface area contributed by atoms with E-state index >= 15 is 0 Å². The number of amides is 1. The van der Waals surface area contributed by atoms with E-state index < -0.39 is 86.8 Å². The van der Waals surface area contributed by atoms with Crippen molar-refractivity contribution in [3.05, 3.63) is 24.3 Å². The molecule has 0 spiro atoms. The van der Waals surface area contributed by atoms with Crippen LogP contribution in [0.5, 0.6) is 0 Å². The van der Waals surface area contributed by atoms with Crippen molar-refractivity contribution in [2.45, 2.75) is 376 Å². The largest absolute Gasteiger partial charge is 0.394 e. The highest BCUT2D eigenvalue weighted by Gasteiger charge is 2.51. The molecule has 2 saturated heterocycles. The molecule has 14 heteroatoms. The number of allylic oxidation sites excluding steroid dienone is 3. The highest BCUT2D eigenvalue weighted by Crippen LogP contribution is 2.30. The number of hydrogen-bond acceptors (Lipinski definition) is 13. The molecule has 12 atom stereocenters. The van der Waals surface area contributed by atoms with Gasteiger partial charge in [0.25, 0.3) is 0 Å². The molecule has 2 heterocycles. The van der Waals surface area contributed by atoms with Gasteiger partial charge in [-0.3, -0.25) is 4.79 Å². The molecule has 9 N–H and O–H groups in total. The maximum atomic E-state index is 13.3. The van der Waals surface area contributed by atoms with Gasteiger partial charge in [-0.05, 0) is 32.1 Å². The Hall–Kier alpha value is -1.53. The molecule has 12 unspecified atom stereocenters. The van der Waals surface area contributed by atoms with Gasteiger partial charge in [0.1, 0.15) is 48.8 Å². The fourth-order valence-electron chi connectivity index (χ4n) is 11.4. The van der Waals surface area contributed by atoms with Crippen molar-refractivity contribution in [2.75, 3.05) is 19.8 Å². The molecule has 2 aliphatic heterocycles. The summed E-state index contributed by atoms with van der Waals surface area (Å²) >= 11 is 0. The predicted octanol–water partition coefficient (Wildman–Crippen LogP) is 13.2. The topological polar surface area (TPSA) is 228 Å². The lowest BCUT2D eigenvalue weighted by Gasteiger charge is -2.46. The van der Waals surface area contributed by atoms with Gasteiger partial charge in [-0.1, -0.05) is 289 Å². The average Bonchev–Trinajstić information content (AvgIpc) is 3.48. The third kappa shape index (κ3) is 37.6. The van der Waals surface area contributed by atoms with Crippen LogP contribution in [0.25, 0.3) is 0 Å². The Kier molecular flexibility index (Phi) is 49.2. The minimum Gasteiger partial charge on any atom is -0.394 e. The third-order valence-electron chi connectivity index (χ3n) is 16.9. The van der Waals surface area contributed by atoms with E-state index in [1.54, 1.807) is 6.08 Å². The molecule has 1 amide bonds. The van der Waals surface area contributed by atoms with Gasteiger partial charge in [0, 0.05) is 6.42 Å². The van der Waals surface area contributed by atoms with Crippen LogP contribution in [-0.2, 0) is 23.7 Å². The second-order valence-corrected chi connectivity index (χ2v) is 24.3. The number of ether oxygens (including phenoxy) is 4. The molecular formula is C67H127NO13. The highest BCUT2D eigenvalue weighted by molar-refractivity contribution is 5.76. The Morgan fingerprint density at radius 2 is 0.790 bits per heavy atom. The summed E-state index contributed by atoms with van der Waals surface area (Å²) in [5.41, 5.74) is 0. The Balaban J connectivity index is 1.72. The lowest BCUT2D eigenvalue weighted by atomic mass is 9.97. The molecule has 0 aromatic rings. The van der Waals surface area contributed by atoms with E-state index in [-0.39, 0.29) is 18.9 Å². The summed E-state index contributed by atoms with van der Waals surface area (Å²) in [7, 11) is 0. The van der Waals surface area contributed by atoms with E-state index in [2.05, 4.69) is 31.3 Å². The SMILES string of the molecule is CCCCCCCCCCCCCCCCCCCC/C=C/CC/C=C/C(O)C(COC1OC(CO)C(OC2OC(CO)C(O)C(O)C2O)C(O)C1O)NC(=O)CCCCCCCCCCCCCCCCCCCCCCCCC. The van der Waals surface area contributed by atoms with Crippen molar-refractivity contribution in [1.82, 2.24) is 5.32 Å². The first-order valence-electron chi connectivity index (χ1n) is 34.1. The molecule has 0 aromatic carbocycles. The zero-order chi connectivity index (χ0) is 58.8. The minimum absolute atomic E-state index is 0.242. The number of carbonyl (C=O) groups excluding carboxylic acids is 1. The van der Waals surface area contributed by atoms with Crippen LogP contribution < -0.4 is 5.32 Å². The van der Waals surface area contributed by atoms with Crippen LogP contribution in [-0.4, -0.2) is 140 Å². The smallest absolute Gasteiger partial charge is 0.220 e. The Labute approximate surface area is 494 Å². The zero-order valence-electron chi connectivity index (χ0n) is 51.8. The molecule has 2 fully saturated rings. The molecule has 81 heavy (non-hydrogen) atoms. The van der Waals surface area contributed by atoms with Crippen molar-refractivity contribution in [3.63, 3.8) is 0 Å². The van der Waals surface area contributed by atoms with Crippen LogP contribution in [0.15, 0.2) is 24.3 Å². The fourth-order valence-corrected chi connectivity index (χ4v) is 11.4. The minimum atomic E-state index is -1.79. The fraction of sp³-hybridized carbons (Fsp3) is 0.925. The molecule has 0 aliphatic carbocycles. The number of hydrogen-bond donors (Lipinski definition) is 9. The summed E-state index contributed by atoms with van der Waals surface area (Å²) in [6.07, 6.45) is 48.0. The molecule has 478 valence electrons. The normalized spacial score (nSPS) is 24.2. The van der Waals surface area contributed by atoms with Crippen molar-refractivity contribution in [3.8, 4) is 0 Å². The number of aliphatic hydroxyl groups excluding tert-OH is 8. The van der Waals surface area contributed by atoms with Crippen LogP contribution in [0.4, 0.5) is 0 Å². The summed E-state index contributed by atoms with van der Waals surface area (Å²) in [5, 5.41) is 87.3. The van der Waals surface area contributed by atoms with Gasteiger partial charge in [0.2, 0.25) is 5.91 Å². The maximum Gasteiger partial charge on any atom is 0.220 e. The van der Waals surface area contributed by atoms with Gasteiger partial charge in [-0.2, -0.15) is 0 Å². The van der Waals surface area contributed by atoms with Crippen molar-refractivity contribution in [2.24, 2.45) is 0 Å². The monoisotopic (exact) mass is 1150 g/mol. The molecule has 0 saturated carbocycles. The lowest BCUT2D eigenvalue weighted by Crippen LogP contribution is -2.65. The van der Waals surface area contributed by atoms with Crippen molar-refractivity contribution >= 4 is 5.91 Å². The summed E-state index contributed by atoms with van der Waals surface area (Å²) in [6, 6.07) is -0.929. The number of unbranched alkanes of at least 4 members (excludes halogenated alkanes) is 41. The Morgan fingerprint density at radius 1 is 0.432 bits per heavy atom. The first-order chi connectivity index (χ1) is 39.6. The molecule has 14 nitrogen and oxygen atoms in total. The molecule has 2 rings (SSSR count). The van der Waals surface area contributed by atoms with E-state index in [1.807, 2.05) is 6.08 Å². The van der Waals surface area contributed by atoms with Crippen molar-refractivity contribution < 1.29 is 64.6 Å². The van der Waals surface area contributed by atoms with Crippen LogP contribution in [0.3, 0.4) is 0 Å². The van der Waals surface area contributed by atoms with E-state index in [0.717, 1.165) is 32.1 Å². The van der Waals surface area contributed by atoms with E-state index in [4.69, 9.17) is 18.9 Å². The highest BCUT2D eigenvalue weighted by atomic mass is 16.7. The Bertz CT molecular complexity index is 1450. The van der Waals surface area contributed by atoms with E-state index in [0.29, 0.717) is 12.8 Å². The van der Waals surface area contributed by atoms with Gasteiger partial charge >= 0.3 is 0 Å². The molecule has 0 aromatic heterocycles. The summed E-state index contributed by atoms with van der Waals surface area (Å²) in [5.74, 6) is -0.242. The maximum absolute atomic E-state index is 13.3. The van der Waals surface area contributed by atoms with Gasteiger partial charge in [0.05, 0.1) is 32.0 Å². The number of carbonyl (C=O) groups is 1. The molecule has 0 bridgehead atoms. The summed E-state index contributed by atoms with van der Waals surface area (Å²) in [6.45, 7) is 2.83. The standard InChI is InChI=1S/C67H127NO13/c1-3-5-7-9-11-13-15-17-19-21-23-25-27-29-30-32-34-36-38-40-42-44-46-48-50-56(71)55(54-78-66-64(77)62(75)65(58(53-70)80-66)81-67-63(76)61(74)60(73)57(52-69)79-67)68-59(72)51-49-47-45-43-41-39-37-35-33-31-28-26-24-22-20-18-16-14-12-10-8-6-4-2/h40,42,48,50,55-58,60-67,69-71,73-77H,3-39,41,43-47,49,51-54H2,1-2H3,(H,68,72)/b42-40+,50-48+.